The van der Waals surface area contributed by atoms with E-state index in [-0.39, 0.29) is 0 Å². The van der Waals surface area contributed by atoms with Gasteiger partial charge in [-0.1, -0.05) is 29.8 Å². The number of aryl methyl sites for hydroxylation is 1. The van der Waals surface area contributed by atoms with Crippen molar-refractivity contribution in [2.45, 2.75) is 25.8 Å². The number of benzene rings is 1. The molecule has 3 heteroatoms. The molecule has 1 aromatic heterocycles. The highest BCUT2D eigenvalue weighted by Crippen LogP contribution is 2.42. The second kappa shape index (κ2) is 5.33. The Morgan fingerprint density at radius 2 is 1.89 bits per heavy atom. The fourth-order valence-electron chi connectivity index (χ4n) is 2.32. The lowest BCUT2D eigenvalue weighted by Crippen LogP contribution is -2.13. The zero-order chi connectivity index (χ0) is 13.2. The summed E-state index contributed by atoms with van der Waals surface area (Å²) in [5, 5.41) is 3.62. The number of rotatable bonds is 4. The molecule has 19 heavy (non-hydrogen) atoms. The maximum absolute atomic E-state index is 4.27. The van der Waals surface area contributed by atoms with E-state index in [1.165, 1.54) is 24.0 Å². The standard InChI is InChI=1S/C16H17BrN2/c1-11-2-4-12(5-3-11)16(13-6-7-13)19-14-8-9-15(17)18-10-14/h2-5,8-10,13,16,19H,6-7H2,1H3. The van der Waals surface area contributed by atoms with E-state index < -0.39 is 0 Å². The van der Waals surface area contributed by atoms with Gasteiger partial charge < -0.3 is 5.32 Å². The average Bonchev–Trinajstić information content (AvgIpc) is 3.24. The fourth-order valence-corrected chi connectivity index (χ4v) is 2.55. The van der Waals surface area contributed by atoms with Gasteiger partial charge in [0.2, 0.25) is 0 Å². The van der Waals surface area contributed by atoms with Crippen LogP contribution >= 0.6 is 15.9 Å². The van der Waals surface area contributed by atoms with E-state index in [1.807, 2.05) is 12.3 Å². The summed E-state index contributed by atoms with van der Waals surface area (Å²) in [5.41, 5.74) is 3.76. The van der Waals surface area contributed by atoms with Gasteiger partial charge in [0.25, 0.3) is 0 Å². The van der Waals surface area contributed by atoms with Crippen molar-refractivity contribution in [3.63, 3.8) is 0 Å². The Bertz CT molecular complexity index is 544. The quantitative estimate of drug-likeness (QED) is 0.826. The van der Waals surface area contributed by atoms with Crippen LogP contribution in [0.2, 0.25) is 0 Å². The van der Waals surface area contributed by atoms with E-state index in [0.29, 0.717) is 6.04 Å². The van der Waals surface area contributed by atoms with Crippen LogP contribution in [0, 0.1) is 12.8 Å². The number of anilines is 1. The Kier molecular flexibility index (Phi) is 3.56. The molecule has 98 valence electrons. The number of pyridine rings is 1. The lowest BCUT2D eigenvalue weighted by atomic mass is 10.0. The molecule has 0 aliphatic heterocycles. The fraction of sp³-hybridized carbons (Fsp3) is 0.312. The van der Waals surface area contributed by atoms with Crippen molar-refractivity contribution in [2.75, 3.05) is 5.32 Å². The van der Waals surface area contributed by atoms with Crippen molar-refractivity contribution < 1.29 is 0 Å². The van der Waals surface area contributed by atoms with Crippen LogP contribution in [-0.4, -0.2) is 4.98 Å². The molecule has 1 aliphatic carbocycles. The molecule has 3 rings (SSSR count). The minimum absolute atomic E-state index is 0.406. The lowest BCUT2D eigenvalue weighted by molar-refractivity contribution is 0.678. The second-order valence-corrected chi connectivity index (χ2v) is 6.05. The van der Waals surface area contributed by atoms with Crippen LogP contribution in [0.1, 0.15) is 30.0 Å². The normalized spacial score (nSPS) is 16.1. The molecule has 0 amide bonds. The Balaban J connectivity index is 1.81. The van der Waals surface area contributed by atoms with Gasteiger partial charge in [-0.05, 0) is 59.3 Å². The third-order valence-corrected chi connectivity index (χ3v) is 4.05. The van der Waals surface area contributed by atoms with Crippen molar-refractivity contribution in [3.8, 4) is 0 Å². The molecular formula is C16H17BrN2. The summed E-state index contributed by atoms with van der Waals surface area (Å²) in [6, 6.07) is 13.3. The van der Waals surface area contributed by atoms with E-state index in [9.17, 15) is 0 Å². The smallest absolute Gasteiger partial charge is 0.106 e. The third kappa shape index (κ3) is 3.16. The van der Waals surface area contributed by atoms with Crippen molar-refractivity contribution >= 4 is 21.6 Å². The predicted octanol–water partition coefficient (Wildman–Crippen LogP) is 4.72. The summed E-state index contributed by atoms with van der Waals surface area (Å²) in [7, 11) is 0. The van der Waals surface area contributed by atoms with Crippen LogP contribution < -0.4 is 5.32 Å². The summed E-state index contributed by atoms with van der Waals surface area (Å²) in [6.07, 6.45) is 4.51. The minimum atomic E-state index is 0.406. The second-order valence-electron chi connectivity index (χ2n) is 5.24. The zero-order valence-corrected chi connectivity index (χ0v) is 12.5. The van der Waals surface area contributed by atoms with Gasteiger partial charge in [-0.15, -0.1) is 0 Å². The van der Waals surface area contributed by atoms with Gasteiger partial charge in [0.1, 0.15) is 4.60 Å². The van der Waals surface area contributed by atoms with Gasteiger partial charge in [-0.3, -0.25) is 0 Å². The van der Waals surface area contributed by atoms with E-state index in [2.05, 4.69) is 63.5 Å². The van der Waals surface area contributed by atoms with E-state index in [4.69, 9.17) is 0 Å². The largest absolute Gasteiger partial charge is 0.377 e. The van der Waals surface area contributed by atoms with Gasteiger partial charge in [0, 0.05) is 0 Å². The number of hydrogen-bond donors (Lipinski definition) is 1. The Morgan fingerprint density at radius 1 is 1.16 bits per heavy atom. The Morgan fingerprint density at radius 3 is 2.47 bits per heavy atom. The first-order chi connectivity index (χ1) is 9.22. The van der Waals surface area contributed by atoms with E-state index in [1.54, 1.807) is 0 Å². The molecule has 1 heterocycles. The van der Waals surface area contributed by atoms with Crippen molar-refractivity contribution in [2.24, 2.45) is 5.92 Å². The molecule has 1 unspecified atom stereocenters. The van der Waals surface area contributed by atoms with Crippen LogP contribution in [-0.2, 0) is 0 Å². The summed E-state index contributed by atoms with van der Waals surface area (Å²) >= 11 is 3.37. The van der Waals surface area contributed by atoms with Gasteiger partial charge in [-0.25, -0.2) is 4.98 Å². The third-order valence-electron chi connectivity index (χ3n) is 3.58. The van der Waals surface area contributed by atoms with Crippen LogP contribution in [0.5, 0.6) is 0 Å². The summed E-state index contributed by atoms with van der Waals surface area (Å²) in [6.45, 7) is 2.13. The topological polar surface area (TPSA) is 24.9 Å². The van der Waals surface area contributed by atoms with Crippen LogP contribution in [0.3, 0.4) is 0 Å². The van der Waals surface area contributed by atoms with Crippen LogP contribution in [0.15, 0.2) is 47.2 Å². The summed E-state index contributed by atoms with van der Waals surface area (Å²) in [4.78, 5) is 4.27. The highest BCUT2D eigenvalue weighted by molar-refractivity contribution is 9.10. The average molecular weight is 317 g/mol. The molecule has 0 bridgehead atoms. The molecular weight excluding hydrogens is 300 g/mol. The van der Waals surface area contributed by atoms with Crippen molar-refractivity contribution in [1.29, 1.82) is 0 Å². The van der Waals surface area contributed by atoms with Crippen molar-refractivity contribution in [1.82, 2.24) is 4.98 Å². The maximum Gasteiger partial charge on any atom is 0.106 e. The SMILES string of the molecule is Cc1ccc(C(Nc2ccc(Br)nc2)C2CC2)cc1. The Hall–Kier alpha value is -1.35. The summed E-state index contributed by atoms with van der Waals surface area (Å²) < 4.78 is 0.872. The van der Waals surface area contributed by atoms with Gasteiger partial charge in [0.15, 0.2) is 0 Å². The molecule has 2 nitrogen and oxygen atoms in total. The molecule has 1 saturated carbocycles. The highest BCUT2D eigenvalue weighted by atomic mass is 79.9. The van der Waals surface area contributed by atoms with Gasteiger partial charge >= 0.3 is 0 Å². The van der Waals surface area contributed by atoms with Crippen molar-refractivity contribution in [3.05, 3.63) is 58.3 Å². The number of hydrogen-bond acceptors (Lipinski definition) is 2. The lowest BCUT2D eigenvalue weighted by Gasteiger charge is -2.20. The zero-order valence-electron chi connectivity index (χ0n) is 10.9. The molecule has 1 aliphatic rings. The van der Waals surface area contributed by atoms with Crippen LogP contribution in [0.4, 0.5) is 5.69 Å². The number of aromatic nitrogens is 1. The molecule has 0 saturated heterocycles. The molecule has 1 fully saturated rings. The van der Waals surface area contributed by atoms with Crippen LogP contribution in [0.25, 0.3) is 0 Å². The molecule has 0 radical (unpaired) electrons. The molecule has 1 aromatic carbocycles. The number of halogens is 1. The van der Waals surface area contributed by atoms with Gasteiger partial charge in [0.05, 0.1) is 17.9 Å². The maximum atomic E-state index is 4.27. The molecule has 2 aromatic rings. The monoisotopic (exact) mass is 316 g/mol. The first-order valence-corrected chi connectivity index (χ1v) is 7.46. The predicted molar refractivity (Wildman–Crippen MR) is 82.2 cm³/mol. The first-order valence-electron chi connectivity index (χ1n) is 6.67. The summed E-state index contributed by atoms with van der Waals surface area (Å²) in [5.74, 6) is 0.756. The number of nitrogens with zero attached hydrogens (tertiary/aromatic N) is 1. The molecule has 1 atom stereocenters. The molecule has 1 N–H and O–H groups in total. The highest BCUT2D eigenvalue weighted by Gasteiger charge is 2.32. The van der Waals surface area contributed by atoms with E-state index >= 15 is 0 Å². The first kappa shape index (κ1) is 12.7. The minimum Gasteiger partial charge on any atom is -0.377 e. The van der Waals surface area contributed by atoms with Gasteiger partial charge in [-0.2, -0.15) is 0 Å². The number of nitrogens with one attached hydrogen (secondary N) is 1. The Labute approximate surface area is 122 Å². The van der Waals surface area contributed by atoms with E-state index in [0.717, 1.165) is 16.2 Å². The molecule has 0 spiro atoms.